The van der Waals surface area contributed by atoms with Crippen molar-refractivity contribution in [2.24, 2.45) is 0 Å². The normalized spacial score (nSPS) is 14.4. The lowest BCUT2D eigenvalue weighted by Crippen LogP contribution is -2.27. The van der Waals surface area contributed by atoms with Gasteiger partial charge in [-0.25, -0.2) is 0 Å². The van der Waals surface area contributed by atoms with Gasteiger partial charge in [0.05, 0.1) is 23.5 Å². The fourth-order valence-corrected chi connectivity index (χ4v) is 4.75. The number of methoxy groups -OCH3 is 1. The lowest BCUT2D eigenvalue weighted by Gasteiger charge is -2.13. The van der Waals surface area contributed by atoms with Gasteiger partial charge in [0, 0.05) is 21.6 Å². The number of rotatable bonds is 8. The highest BCUT2D eigenvalue weighted by atomic mass is 79.9. The standard InChI is InChI=1S/C25H18BrClN2O6S/c1-34-21-10-17(20(26)12-22(21)35-14-16-4-8-19(9-5-16)29(32)33)11-23-24(30)28(25(31)36-23)13-15-2-6-18(27)7-3-15/h2-12H,13-14H2,1H3/b23-11-. The molecule has 2 amide bonds. The van der Waals surface area contributed by atoms with Crippen LogP contribution in [0.3, 0.4) is 0 Å². The minimum Gasteiger partial charge on any atom is -0.493 e. The summed E-state index contributed by atoms with van der Waals surface area (Å²) in [4.78, 5) is 37.3. The van der Waals surface area contributed by atoms with Crippen LogP contribution in [0.15, 0.2) is 70.0 Å². The maximum atomic E-state index is 12.9. The summed E-state index contributed by atoms with van der Waals surface area (Å²) in [5.41, 5.74) is 2.17. The van der Waals surface area contributed by atoms with Gasteiger partial charge in [0.25, 0.3) is 16.8 Å². The van der Waals surface area contributed by atoms with Crippen LogP contribution >= 0.6 is 39.3 Å². The fourth-order valence-electron chi connectivity index (χ4n) is 3.36. The quantitative estimate of drug-likeness (QED) is 0.161. The van der Waals surface area contributed by atoms with Crippen LogP contribution in [0.2, 0.25) is 5.02 Å². The number of amides is 2. The van der Waals surface area contributed by atoms with Crippen LogP contribution < -0.4 is 9.47 Å². The third-order valence-corrected chi connectivity index (χ3v) is 7.08. The molecule has 1 fully saturated rings. The molecule has 4 rings (SSSR count). The molecule has 3 aromatic carbocycles. The van der Waals surface area contributed by atoms with E-state index in [1.165, 1.54) is 24.1 Å². The molecule has 0 aliphatic carbocycles. The maximum absolute atomic E-state index is 12.9. The van der Waals surface area contributed by atoms with E-state index in [-0.39, 0.29) is 34.9 Å². The molecule has 0 bridgehead atoms. The van der Waals surface area contributed by atoms with Crippen molar-refractivity contribution in [1.82, 2.24) is 4.90 Å². The van der Waals surface area contributed by atoms with Gasteiger partial charge >= 0.3 is 0 Å². The number of imide groups is 1. The molecular weight excluding hydrogens is 572 g/mol. The molecular formula is C25H18BrClN2O6S. The van der Waals surface area contributed by atoms with Gasteiger partial charge in [0.2, 0.25) is 0 Å². The minimum atomic E-state index is -0.462. The zero-order valence-electron chi connectivity index (χ0n) is 18.8. The van der Waals surface area contributed by atoms with Crippen LogP contribution in [0.5, 0.6) is 11.5 Å². The van der Waals surface area contributed by atoms with Gasteiger partial charge < -0.3 is 9.47 Å². The smallest absolute Gasteiger partial charge is 0.293 e. The molecule has 1 saturated heterocycles. The molecule has 3 aromatic rings. The van der Waals surface area contributed by atoms with Crippen LogP contribution in [0.4, 0.5) is 10.5 Å². The van der Waals surface area contributed by atoms with Gasteiger partial charge in [0.15, 0.2) is 11.5 Å². The van der Waals surface area contributed by atoms with Crippen molar-refractivity contribution in [2.45, 2.75) is 13.2 Å². The lowest BCUT2D eigenvalue weighted by atomic mass is 10.1. The molecule has 0 saturated carbocycles. The monoisotopic (exact) mass is 588 g/mol. The highest BCUT2D eigenvalue weighted by Gasteiger charge is 2.35. The summed E-state index contributed by atoms with van der Waals surface area (Å²) >= 11 is 10.3. The number of carbonyl (C=O) groups excluding carboxylic acids is 2. The van der Waals surface area contributed by atoms with E-state index in [0.29, 0.717) is 26.6 Å². The molecule has 36 heavy (non-hydrogen) atoms. The van der Waals surface area contributed by atoms with E-state index in [4.69, 9.17) is 21.1 Å². The van der Waals surface area contributed by atoms with E-state index >= 15 is 0 Å². The van der Waals surface area contributed by atoms with Gasteiger partial charge in [-0.2, -0.15) is 0 Å². The lowest BCUT2D eigenvalue weighted by molar-refractivity contribution is -0.384. The average molecular weight is 590 g/mol. The van der Waals surface area contributed by atoms with Crippen molar-refractivity contribution >= 4 is 62.2 Å². The second-order valence-electron chi connectivity index (χ2n) is 7.63. The van der Waals surface area contributed by atoms with Crippen molar-refractivity contribution < 1.29 is 24.0 Å². The summed E-state index contributed by atoms with van der Waals surface area (Å²) in [5, 5.41) is 11.0. The number of benzene rings is 3. The number of nitrogens with zero attached hydrogens (tertiary/aromatic N) is 2. The SMILES string of the molecule is COc1cc(/C=C2\SC(=O)N(Cc3ccc(Cl)cc3)C2=O)c(Br)cc1OCc1ccc([N+](=O)[O-])cc1. The zero-order chi connectivity index (χ0) is 25.8. The van der Waals surface area contributed by atoms with E-state index in [0.717, 1.165) is 22.9 Å². The van der Waals surface area contributed by atoms with Crippen molar-refractivity contribution in [3.05, 3.63) is 102 Å². The number of nitro benzene ring substituents is 1. The van der Waals surface area contributed by atoms with Gasteiger partial charge in [-0.15, -0.1) is 0 Å². The predicted octanol–water partition coefficient (Wildman–Crippen LogP) is 6.83. The van der Waals surface area contributed by atoms with Gasteiger partial charge in [-0.3, -0.25) is 24.6 Å². The van der Waals surface area contributed by atoms with E-state index in [2.05, 4.69) is 15.9 Å². The van der Waals surface area contributed by atoms with Crippen LogP contribution in [0.25, 0.3) is 6.08 Å². The Bertz CT molecular complexity index is 1360. The Labute approximate surface area is 224 Å². The Morgan fingerprint density at radius 1 is 1.06 bits per heavy atom. The zero-order valence-corrected chi connectivity index (χ0v) is 21.9. The van der Waals surface area contributed by atoms with E-state index < -0.39 is 4.92 Å². The third-order valence-electron chi connectivity index (χ3n) is 5.24. The molecule has 8 nitrogen and oxygen atoms in total. The molecule has 11 heteroatoms. The Morgan fingerprint density at radius 2 is 1.72 bits per heavy atom. The number of non-ortho nitro benzene ring substituents is 1. The van der Waals surface area contributed by atoms with Crippen molar-refractivity contribution in [3.8, 4) is 11.5 Å². The number of carbonyl (C=O) groups is 2. The molecule has 0 N–H and O–H groups in total. The predicted molar refractivity (Wildman–Crippen MR) is 141 cm³/mol. The molecule has 1 aliphatic heterocycles. The summed E-state index contributed by atoms with van der Waals surface area (Å²) in [7, 11) is 1.49. The first kappa shape index (κ1) is 25.7. The van der Waals surface area contributed by atoms with Crippen LogP contribution in [-0.4, -0.2) is 28.1 Å². The first-order valence-corrected chi connectivity index (χ1v) is 12.5. The summed E-state index contributed by atoms with van der Waals surface area (Å²) < 4.78 is 11.9. The third kappa shape index (κ3) is 5.89. The molecule has 0 atom stereocenters. The maximum Gasteiger partial charge on any atom is 0.293 e. The molecule has 0 unspecified atom stereocenters. The van der Waals surface area contributed by atoms with E-state index in [1.807, 2.05) is 0 Å². The second kappa shape index (κ2) is 11.2. The minimum absolute atomic E-state index is 0.000933. The Hall–Kier alpha value is -3.34. The number of ether oxygens (including phenoxy) is 2. The first-order valence-electron chi connectivity index (χ1n) is 10.5. The van der Waals surface area contributed by atoms with E-state index in [9.17, 15) is 19.7 Å². The van der Waals surface area contributed by atoms with Crippen LogP contribution in [0, 0.1) is 10.1 Å². The molecule has 1 aliphatic rings. The van der Waals surface area contributed by atoms with Gasteiger partial charge in [0.1, 0.15) is 6.61 Å². The Kier molecular flexibility index (Phi) is 7.97. The van der Waals surface area contributed by atoms with Crippen molar-refractivity contribution in [3.63, 3.8) is 0 Å². The highest BCUT2D eigenvalue weighted by Crippen LogP contribution is 2.38. The van der Waals surface area contributed by atoms with Gasteiger partial charge in [-0.05, 0) is 70.9 Å². The average Bonchev–Trinajstić information content (AvgIpc) is 3.12. The second-order valence-corrected chi connectivity index (χ2v) is 9.92. The summed E-state index contributed by atoms with van der Waals surface area (Å²) in [6.45, 7) is 0.322. The largest absolute Gasteiger partial charge is 0.493 e. The highest BCUT2D eigenvalue weighted by molar-refractivity contribution is 9.10. The van der Waals surface area contributed by atoms with E-state index in [1.54, 1.807) is 54.6 Å². The summed E-state index contributed by atoms with van der Waals surface area (Å²) in [6.07, 6.45) is 1.62. The van der Waals surface area contributed by atoms with Crippen LogP contribution in [-0.2, 0) is 17.9 Å². The number of hydrogen-bond donors (Lipinski definition) is 0. The number of nitro groups is 1. The fraction of sp³-hybridized carbons (Fsp3) is 0.120. The molecule has 0 aromatic heterocycles. The Morgan fingerprint density at radius 3 is 2.36 bits per heavy atom. The number of thioether (sulfide) groups is 1. The first-order chi connectivity index (χ1) is 17.2. The van der Waals surface area contributed by atoms with Crippen molar-refractivity contribution in [2.75, 3.05) is 7.11 Å². The topological polar surface area (TPSA) is 99.0 Å². The number of halogens is 2. The number of hydrogen-bond acceptors (Lipinski definition) is 7. The molecule has 0 spiro atoms. The molecule has 184 valence electrons. The summed E-state index contributed by atoms with van der Waals surface area (Å²) in [6, 6.07) is 16.4. The summed E-state index contributed by atoms with van der Waals surface area (Å²) in [5.74, 6) is 0.479. The van der Waals surface area contributed by atoms with Crippen molar-refractivity contribution in [1.29, 1.82) is 0 Å². The van der Waals surface area contributed by atoms with Crippen LogP contribution in [0.1, 0.15) is 16.7 Å². The molecule has 1 heterocycles. The Balaban J connectivity index is 1.50. The van der Waals surface area contributed by atoms with Gasteiger partial charge in [-0.1, -0.05) is 39.7 Å². The molecule has 0 radical (unpaired) electrons.